The molecule has 0 unspecified atom stereocenters. The summed E-state index contributed by atoms with van der Waals surface area (Å²) in [6, 6.07) is 40.2. The van der Waals surface area contributed by atoms with Gasteiger partial charge in [0.25, 0.3) is 0 Å². The van der Waals surface area contributed by atoms with Crippen LogP contribution >= 0.6 is 0 Å². The van der Waals surface area contributed by atoms with Crippen molar-refractivity contribution in [3.05, 3.63) is 150 Å². The molecule has 0 amide bonds. The first kappa shape index (κ1) is 20.4. The Labute approximate surface area is 185 Å². The van der Waals surface area contributed by atoms with E-state index in [9.17, 15) is 0 Å². The van der Waals surface area contributed by atoms with E-state index in [1.54, 1.807) is 6.26 Å². The molecule has 0 saturated heterocycles. The Morgan fingerprint density at radius 3 is 1.32 bits per heavy atom. The van der Waals surface area contributed by atoms with Crippen molar-refractivity contribution in [2.75, 3.05) is 0 Å². The summed E-state index contributed by atoms with van der Waals surface area (Å²) in [4.78, 5) is 0. The minimum absolute atomic E-state index is 0.835. The van der Waals surface area contributed by atoms with Crippen LogP contribution in [0.5, 0.6) is 5.75 Å². The molecule has 0 fully saturated rings. The van der Waals surface area contributed by atoms with Crippen LogP contribution in [0.4, 0.5) is 0 Å². The van der Waals surface area contributed by atoms with E-state index in [1.165, 1.54) is 27.8 Å². The number of allylic oxidation sites excluding steroid dienone is 1. The van der Waals surface area contributed by atoms with Gasteiger partial charge < -0.3 is 4.74 Å². The Bertz CT molecular complexity index is 1100. The highest BCUT2D eigenvalue weighted by atomic mass is 16.5. The van der Waals surface area contributed by atoms with Gasteiger partial charge in [-0.3, -0.25) is 0 Å². The van der Waals surface area contributed by atoms with E-state index in [-0.39, 0.29) is 0 Å². The fourth-order valence-corrected chi connectivity index (χ4v) is 3.65. The lowest BCUT2D eigenvalue weighted by atomic mass is 9.86. The van der Waals surface area contributed by atoms with Gasteiger partial charge in [0, 0.05) is 0 Å². The van der Waals surface area contributed by atoms with Crippen LogP contribution in [0.25, 0.3) is 11.1 Å². The number of hydrogen-bond donors (Lipinski definition) is 0. The average Bonchev–Trinajstić information content (AvgIpc) is 2.85. The van der Waals surface area contributed by atoms with Crippen LogP contribution in [0.2, 0.25) is 0 Å². The van der Waals surface area contributed by atoms with E-state index < -0.39 is 0 Å². The highest BCUT2D eigenvalue weighted by molar-refractivity contribution is 6.04. The molecule has 4 rings (SSSR count). The van der Waals surface area contributed by atoms with E-state index in [0.717, 1.165) is 17.7 Å². The first-order valence-corrected chi connectivity index (χ1v) is 10.7. The summed E-state index contributed by atoms with van der Waals surface area (Å²) in [6.07, 6.45) is 4.71. The summed E-state index contributed by atoms with van der Waals surface area (Å²) < 4.78 is 5.72. The molecular weight excluding hydrogens is 376 g/mol. The predicted molar refractivity (Wildman–Crippen MR) is 131 cm³/mol. The number of hydrogen-bond acceptors (Lipinski definition) is 1. The molecule has 0 aliphatic heterocycles. The lowest BCUT2D eigenvalue weighted by Crippen LogP contribution is -1.97. The van der Waals surface area contributed by atoms with Crippen molar-refractivity contribution in [2.45, 2.75) is 13.3 Å². The molecule has 0 aliphatic rings. The van der Waals surface area contributed by atoms with Gasteiger partial charge in [-0.2, -0.15) is 0 Å². The topological polar surface area (TPSA) is 9.23 Å². The molecule has 0 aromatic heterocycles. The van der Waals surface area contributed by atoms with Gasteiger partial charge in [0.2, 0.25) is 0 Å². The minimum atomic E-state index is 0.835. The molecule has 1 heteroatoms. The SMILES string of the molecule is CCC=COc1ccc(C(=C(c2ccccc2)c2ccccc2)c2ccccc2)cc1. The summed E-state index contributed by atoms with van der Waals surface area (Å²) in [6.45, 7) is 2.09. The predicted octanol–water partition coefficient (Wildman–Crippen LogP) is 8.00. The largest absolute Gasteiger partial charge is 0.465 e. The fourth-order valence-electron chi connectivity index (χ4n) is 3.65. The molecule has 0 bridgehead atoms. The monoisotopic (exact) mass is 402 g/mol. The molecule has 4 aromatic carbocycles. The Morgan fingerprint density at radius 2 is 0.935 bits per heavy atom. The normalized spacial score (nSPS) is 10.7. The van der Waals surface area contributed by atoms with Gasteiger partial charge >= 0.3 is 0 Å². The van der Waals surface area contributed by atoms with Gasteiger partial charge in [-0.1, -0.05) is 110 Å². The third-order valence-electron chi connectivity index (χ3n) is 5.12. The van der Waals surface area contributed by atoms with Crippen molar-refractivity contribution < 1.29 is 4.74 Å². The Balaban J connectivity index is 1.93. The molecule has 0 saturated carbocycles. The molecule has 0 aliphatic carbocycles. The van der Waals surface area contributed by atoms with Gasteiger partial charge in [-0.15, -0.1) is 0 Å². The van der Waals surface area contributed by atoms with E-state index in [2.05, 4.69) is 110 Å². The van der Waals surface area contributed by atoms with E-state index in [4.69, 9.17) is 4.74 Å². The summed E-state index contributed by atoms with van der Waals surface area (Å²) in [5.41, 5.74) is 7.14. The number of benzene rings is 4. The maximum Gasteiger partial charge on any atom is 0.126 e. The average molecular weight is 403 g/mol. The van der Waals surface area contributed by atoms with Crippen molar-refractivity contribution in [1.29, 1.82) is 0 Å². The van der Waals surface area contributed by atoms with Crippen molar-refractivity contribution in [2.24, 2.45) is 0 Å². The standard InChI is InChI=1S/C30H26O/c1-2-3-23-31-28-21-19-27(20-22-28)30(26-17-11-6-12-18-26)29(24-13-7-4-8-14-24)25-15-9-5-10-16-25/h3-23H,2H2,1H3. The zero-order chi connectivity index (χ0) is 21.3. The van der Waals surface area contributed by atoms with Gasteiger partial charge in [-0.25, -0.2) is 0 Å². The summed E-state index contributed by atoms with van der Waals surface area (Å²) >= 11 is 0. The summed E-state index contributed by atoms with van der Waals surface area (Å²) in [5.74, 6) is 0.835. The van der Waals surface area contributed by atoms with E-state index in [0.29, 0.717) is 0 Å². The highest BCUT2D eigenvalue weighted by Crippen LogP contribution is 2.37. The van der Waals surface area contributed by atoms with Crippen molar-refractivity contribution in [1.82, 2.24) is 0 Å². The summed E-state index contributed by atoms with van der Waals surface area (Å²) in [5, 5.41) is 0. The summed E-state index contributed by atoms with van der Waals surface area (Å²) in [7, 11) is 0. The first-order valence-electron chi connectivity index (χ1n) is 10.7. The second-order valence-corrected chi connectivity index (χ2v) is 7.27. The Kier molecular flexibility index (Phi) is 6.77. The van der Waals surface area contributed by atoms with Crippen LogP contribution in [0.3, 0.4) is 0 Å². The molecule has 0 radical (unpaired) electrons. The van der Waals surface area contributed by atoms with Gasteiger partial charge in [0.1, 0.15) is 5.75 Å². The van der Waals surface area contributed by atoms with E-state index >= 15 is 0 Å². The lowest BCUT2D eigenvalue weighted by Gasteiger charge is -2.18. The van der Waals surface area contributed by atoms with Crippen LogP contribution in [0.1, 0.15) is 35.6 Å². The van der Waals surface area contributed by atoms with Gasteiger partial charge in [0.15, 0.2) is 0 Å². The molecular formula is C30H26O. The molecule has 4 aromatic rings. The Hall–Kier alpha value is -3.84. The van der Waals surface area contributed by atoms with Crippen LogP contribution in [-0.4, -0.2) is 0 Å². The van der Waals surface area contributed by atoms with Crippen molar-refractivity contribution >= 4 is 11.1 Å². The minimum Gasteiger partial charge on any atom is -0.465 e. The number of ether oxygens (including phenoxy) is 1. The maximum absolute atomic E-state index is 5.72. The second kappa shape index (κ2) is 10.3. The third-order valence-corrected chi connectivity index (χ3v) is 5.12. The highest BCUT2D eigenvalue weighted by Gasteiger charge is 2.15. The van der Waals surface area contributed by atoms with Crippen LogP contribution in [0.15, 0.2) is 128 Å². The first-order chi connectivity index (χ1) is 15.4. The van der Waals surface area contributed by atoms with Crippen molar-refractivity contribution in [3.63, 3.8) is 0 Å². The van der Waals surface area contributed by atoms with Crippen molar-refractivity contribution in [3.8, 4) is 5.75 Å². The molecule has 152 valence electrons. The molecule has 0 N–H and O–H groups in total. The van der Waals surface area contributed by atoms with Crippen LogP contribution in [0, 0.1) is 0 Å². The van der Waals surface area contributed by atoms with Gasteiger partial charge in [0.05, 0.1) is 6.26 Å². The third kappa shape index (κ3) is 5.02. The molecule has 0 spiro atoms. The molecule has 0 heterocycles. The quantitative estimate of drug-likeness (QED) is 0.225. The van der Waals surface area contributed by atoms with Crippen LogP contribution in [-0.2, 0) is 0 Å². The zero-order valence-electron chi connectivity index (χ0n) is 17.7. The van der Waals surface area contributed by atoms with Crippen LogP contribution < -0.4 is 4.74 Å². The fraction of sp³-hybridized carbons (Fsp3) is 0.0667. The molecule has 0 atom stereocenters. The zero-order valence-corrected chi connectivity index (χ0v) is 17.7. The lowest BCUT2D eigenvalue weighted by molar-refractivity contribution is 0.479. The smallest absolute Gasteiger partial charge is 0.126 e. The molecule has 31 heavy (non-hydrogen) atoms. The van der Waals surface area contributed by atoms with Gasteiger partial charge in [-0.05, 0) is 58.0 Å². The maximum atomic E-state index is 5.72. The second-order valence-electron chi connectivity index (χ2n) is 7.27. The number of rotatable bonds is 7. The molecule has 1 nitrogen and oxygen atoms in total. The Morgan fingerprint density at radius 1 is 0.548 bits per heavy atom. The van der Waals surface area contributed by atoms with E-state index in [1.807, 2.05) is 18.2 Å².